The number of rotatable bonds is 6. The fourth-order valence-electron chi connectivity index (χ4n) is 1.83. The third-order valence-corrected chi connectivity index (χ3v) is 3.19. The molecule has 0 saturated carbocycles. The molecule has 1 heterocycles. The van der Waals surface area contributed by atoms with E-state index in [9.17, 15) is 0 Å². The summed E-state index contributed by atoms with van der Waals surface area (Å²) in [7, 11) is 0. The van der Waals surface area contributed by atoms with E-state index in [2.05, 4.69) is 35.2 Å². The number of nitrogens with one attached hydrogen (secondary N) is 1. The topological polar surface area (TPSA) is 47.0 Å². The lowest BCUT2D eigenvalue weighted by molar-refractivity contribution is 0.437. The van der Waals surface area contributed by atoms with Gasteiger partial charge in [-0.2, -0.15) is 0 Å². The van der Waals surface area contributed by atoms with Gasteiger partial charge >= 0.3 is 6.01 Å². The lowest BCUT2D eigenvalue weighted by Gasteiger charge is -2.09. The van der Waals surface area contributed by atoms with Crippen LogP contribution in [0.15, 0.2) is 30.6 Å². The van der Waals surface area contributed by atoms with Gasteiger partial charge < -0.3 is 10.1 Å². The number of benzene rings is 1. The van der Waals surface area contributed by atoms with Crippen molar-refractivity contribution in [3.63, 3.8) is 0 Å². The molecule has 0 fully saturated rings. The highest BCUT2D eigenvalue weighted by Gasteiger charge is 2.05. The van der Waals surface area contributed by atoms with Gasteiger partial charge in [0.1, 0.15) is 5.75 Å². The minimum absolute atomic E-state index is 0.387. The lowest BCUT2D eigenvalue weighted by Crippen LogP contribution is -2.14. The molecule has 2 aromatic rings. The molecule has 1 N–H and O–H groups in total. The quantitative estimate of drug-likeness (QED) is 0.818. The van der Waals surface area contributed by atoms with Crippen LogP contribution in [-0.2, 0) is 6.54 Å². The second-order valence-electron chi connectivity index (χ2n) is 4.85. The summed E-state index contributed by atoms with van der Waals surface area (Å²) in [5.74, 6) is 0.807. The summed E-state index contributed by atoms with van der Waals surface area (Å²) in [4.78, 5) is 8.50. The molecule has 0 atom stereocenters. The summed E-state index contributed by atoms with van der Waals surface area (Å²) in [5, 5.41) is 3.32. The number of nitrogens with zero attached hydrogens (tertiary/aromatic N) is 2. The molecule has 0 spiro atoms. The van der Waals surface area contributed by atoms with Crippen LogP contribution in [0.5, 0.6) is 11.8 Å². The van der Waals surface area contributed by atoms with Gasteiger partial charge in [-0.3, -0.25) is 0 Å². The Morgan fingerprint density at radius 3 is 2.60 bits per heavy atom. The van der Waals surface area contributed by atoms with Crippen molar-refractivity contribution in [3.05, 3.63) is 47.3 Å². The molecule has 1 aromatic carbocycles. The van der Waals surface area contributed by atoms with Crippen LogP contribution in [0.4, 0.5) is 0 Å². The zero-order chi connectivity index (χ0) is 14.4. The average molecular weight is 271 g/mol. The monoisotopic (exact) mass is 271 g/mol. The molecular weight excluding hydrogens is 250 g/mol. The number of aromatic nitrogens is 2. The SMILES string of the molecule is CCCNCc1cnc(Oc2cccc(C)c2C)nc1. The van der Waals surface area contributed by atoms with Crippen molar-refractivity contribution in [2.75, 3.05) is 6.54 Å². The number of ether oxygens (including phenoxy) is 1. The molecule has 4 nitrogen and oxygen atoms in total. The smallest absolute Gasteiger partial charge is 0.321 e. The standard InChI is InChI=1S/C16H21N3O/c1-4-8-17-9-14-10-18-16(19-11-14)20-15-7-5-6-12(2)13(15)3/h5-7,10-11,17H,4,8-9H2,1-3H3. The van der Waals surface area contributed by atoms with Gasteiger partial charge in [-0.25, -0.2) is 9.97 Å². The van der Waals surface area contributed by atoms with Gasteiger partial charge in [0, 0.05) is 24.5 Å². The Bertz CT molecular complexity index is 552. The summed E-state index contributed by atoms with van der Waals surface area (Å²) in [6.07, 6.45) is 4.72. The predicted octanol–water partition coefficient (Wildman–Crippen LogP) is 3.39. The van der Waals surface area contributed by atoms with Gasteiger partial charge in [0.25, 0.3) is 0 Å². The minimum atomic E-state index is 0.387. The maximum absolute atomic E-state index is 5.73. The van der Waals surface area contributed by atoms with Gasteiger partial charge in [0.2, 0.25) is 0 Å². The van der Waals surface area contributed by atoms with E-state index in [1.54, 1.807) is 12.4 Å². The zero-order valence-corrected chi connectivity index (χ0v) is 12.3. The van der Waals surface area contributed by atoms with Gasteiger partial charge in [0.05, 0.1) is 0 Å². The van der Waals surface area contributed by atoms with Crippen LogP contribution in [0.1, 0.15) is 30.0 Å². The summed E-state index contributed by atoms with van der Waals surface area (Å²) < 4.78 is 5.73. The van der Waals surface area contributed by atoms with Gasteiger partial charge in [-0.1, -0.05) is 19.1 Å². The maximum Gasteiger partial charge on any atom is 0.321 e. The van der Waals surface area contributed by atoms with Crippen molar-refractivity contribution in [1.29, 1.82) is 0 Å². The molecular formula is C16H21N3O. The van der Waals surface area contributed by atoms with Crippen molar-refractivity contribution in [2.45, 2.75) is 33.7 Å². The third-order valence-electron chi connectivity index (χ3n) is 3.19. The van der Waals surface area contributed by atoms with Crippen molar-refractivity contribution < 1.29 is 4.74 Å². The molecule has 0 aliphatic carbocycles. The largest absolute Gasteiger partial charge is 0.424 e. The first-order valence-corrected chi connectivity index (χ1v) is 6.96. The van der Waals surface area contributed by atoms with Gasteiger partial charge in [-0.15, -0.1) is 0 Å². The van der Waals surface area contributed by atoms with Crippen LogP contribution in [0, 0.1) is 13.8 Å². The highest BCUT2D eigenvalue weighted by atomic mass is 16.5. The Hall–Kier alpha value is -1.94. The van der Waals surface area contributed by atoms with Gasteiger partial charge in [-0.05, 0) is 44.0 Å². The Morgan fingerprint density at radius 1 is 1.15 bits per heavy atom. The van der Waals surface area contributed by atoms with Crippen molar-refractivity contribution in [1.82, 2.24) is 15.3 Å². The van der Waals surface area contributed by atoms with Crippen LogP contribution in [0.2, 0.25) is 0 Å². The first kappa shape index (κ1) is 14.5. The summed E-state index contributed by atoms with van der Waals surface area (Å²) in [6.45, 7) is 8.03. The molecule has 1 aromatic heterocycles. The van der Waals surface area contributed by atoms with E-state index in [0.717, 1.165) is 36.4 Å². The Labute approximate surface area is 120 Å². The highest BCUT2D eigenvalue weighted by Crippen LogP contribution is 2.24. The van der Waals surface area contributed by atoms with Crippen LogP contribution in [-0.4, -0.2) is 16.5 Å². The molecule has 0 aliphatic heterocycles. The summed E-state index contributed by atoms with van der Waals surface area (Å²) in [6, 6.07) is 6.35. The molecule has 0 radical (unpaired) electrons. The van der Waals surface area contributed by atoms with E-state index in [1.165, 1.54) is 5.56 Å². The Morgan fingerprint density at radius 2 is 1.90 bits per heavy atom. The number of hydrogen-bond donors (Lipinski definition) is 1. The molecule has 0 amide bonds. The second-order valence-corrected chi connectivity index (χ2v) is 4.85. The predicted molar refractivity (Wildman–Crippen MR) is 80.0 cm³/mol. The highest BCUT2D eigenvalue weighted by molar-refractivity contribution is 5.39. The lowest BCUT2D eigenvalue weighted by atomic mass is 10.1. The minimum Gasteiger partial charge on any atom is -0.424 e. The Kier molecular flexibility index (Phi) is 5.07. The molecule has 0 saturated heterocycles. The van der Waals surface area contributed by atoms with Crippen LogP contribution < -0.4 is 10.1 Å². The summed E-state index contributed by atoms with van der Waals surface area (Å²) in [5.41, 5.74) is 3.37. The van der Waals surface area contributed by atoms with Crippen LogP contribution in [0.3, 0.4) is 0 Å². The molecule has 0 unspecified atom stereocenters. The second kappa shape index (κ2) is 7.01. The van der Waals surface area contributed by atoms with E-state index < -0.39 is 0 Å². The number of hydrogen-bond acceptors (Lipinski definition) is 4. The zero-order valence-electron chi connectivity index (χ0n) is 12.3. The first-order valence-electron chi connectivity index (χ1n) is 6.96. The van der Waals surface area contributed by atoms with E-state index in [1.807, 2.05) is 19.1 Å². The van der Waals surface area contributed by atoms with Crippen molar-refractivity contribution in [3.8, 4) is 11.8 Å². The van der Waals surface area contributed by atoms with E-state index in [0.29, 0.717) is 6.01 Å². The average Bonchev–Trinajstić information content (AvgIpc) is 2.46. The van der Waals surface area contributed by atoms with E-state index in [4.69, 9.17) is 4.74 Å². The molecule has 20 heavy (non-hydrogen) atoms. The molecule has 2 rings (SSSR count). The maximum atomic E-state index is 5.73. The third kappa shape index (κ3) is 3.78. The first-order chi connectivity index (χ1) is 9.70. The molecule has 4 heteroatoms. The normalized spacial score (nSPS) is 10.6. The van der Waals surface area contributed by atoms with Crippen LogP contribution >= 0.6 is 0 Å². The fourth-order valence-corrected chi connectivity index (χ4v) is 1.83. The van der Waals surface area contributed by atoms with Crippen LogP contribution in [0.25, 0.3) is 0 Å². The Balaban J connectivity index is 2.01. The van der Waals surface area contributed by atoms with Crippen molar-refractivity contribution >= 4 is 0 Å². The summed E-state index contributed by atoms with van der Waals surface area (Å²) >= 11 is 0. The number of aryl methyl sites for hydroxylation is 1. The van der Waals surface area contributed by atoms with E-state index in [-0.39, 0.29) is 0 Å². The van der Waals surface area contributed by atoms with Gasteiger partial charge in [0.15, 0.2) is 0 Å². The molecule has 0 bridgehead atoms. The fraction of sp³-hybridized carbons (Fsp3) is 0.375. The molecule has 0 aliphatic rings. The van der Waals surface area contributed by atoms with Crippen molar-refractivity contribution in [2.24, 2.45) is 0 Å². The molecule has 106 valence electrons. The van der Waals surface area contributed by atoms with E-state index >= 15 is 0 Å².